The van der Waals surface area contributed by atoms with E-state index in [1.54, 1.807) is 11.8 Å². The minimum atomic E-state index is -0.173. The second-order valence-corrected chi connectivity index (χ2v) is 9.67. The average Bonchev–Trinajstić information content (AvgIpc) is 3.40. The molecule has 2 amide bonds. The molecule has 2 aromatic heterocycles. The third-order valence-electron chi connectivity index (χ3n) is 7.30. The number of likely N-dealkylation sites (tertiary alicyclic amines) is 1. The first-order valence-electron chi connectivity index (χ1n) is 11.5. The molecule has 5 unspecified atom stereocenters. The van der Waals surface area contributed by atoms with E-state index >= 15 is 0 Å². The SMILES string of the molecule is Cc1noc(C2CCC(NC(=O)C3CC3)C(C3CN(C)C(=O)CC3c3nc(C)no3)C2)n1. The summed E-state index contributed by atoms with van der Waals surface area (Å²) < 4.78 is 11.0. The summed E-state index contributed by atoms with van der Waals surface area (Å²) in [5, 5.41) is 11.3. The first-order chi connectivity index (χ1) is 15.4. The molecule has 1 saturated heterocycles. The van der Waals surface area contributed by atoms with Crippen molar-refractivity contribution < 1.29 is 18.6 Å². The fourth-order valence-corrected chi connectivity index (χ4v) is 5.42. The Morgan fingerprint density at radius 3 is 2.31 bits per heavy atom. The van der Waals surface area contributed by atoms with Gasteiger partial charge in [0.25, 0.3) is 0 Å². The summed E-state index contributed by atoms with van der Waals surface area (Å²) in [5.74, 6) is 2.88. The zero-order valence-electron chi connectivity index (χ0n) is 18.8. The normalized spacial score (nSPS) is 31.0. The molecule has 0 aromatic carbocycles. The van der Waals surface area contributed by atoms with E-state index in [1.165, 1.54) is 0 Å². The molecular weight excluding hydrogens is 412 g/mol. The highest BCUT2D eigenvalue weighted by molar-refractivity contribution is 5.81. The Bertz CT molecular complexity index is 998. The highest BCUT2D eigenvalue weighted by Crippen LogP contribution is 2.46. The van der Waals surface area contributed by atoms with Gasteiger partial charge in [-0.3, -0.25) is 9.59 Å². The maximum Gasteiger partial charge on any atom is 0.230 e. The molecule has 0 radical (unpaired) electrons. The first-order valence-corrected chi connectivity index (χ1v) is 11.5. The third kappa shape index (κ3) is 4.14. The number of amides is 2. The van der Waals surface area contributed by atoms with Gasteiger partial charge in [-0.2, -0.15) is 9.97 Å². The molecular formula is C22H30N6O4. The lowest BCUT2D eigenvalue weighted by Crippen LogP contribution is -2.52. The number of aromatic nitrogens is 4. The molecule has 3 heterocycles. The van der Waals surface area contributed by atoms with Gasteiger partial charge in [-0.1, -0.05) is 10.3 Å². The molecule has 10 heteroatoms. The molecule has 5 atom stereocenters. The number of rotatable bonds is 5. The van der Waals surface area contributed by atoms with Crippen LogP contribution in [0.3, 0.4) is 0 Å². The second-order valence-electron chi connectivity index (χ2n) is 9.67. The summed E-state index contributed by atoms with van der Waals surface area (Å²) in [7, 11) is 1.84. The number of hydrogen-bond donors (Lipinski definition) is 1. The van der Waals surface area contributed by atoms with Gasteiger partial charge in [-0.25, -0.2) is 0 Å². The van der Waals surface area contributed by atoms with Gasteiger partial charge in [0, 0.05) is 37.9 Å². The van der Waals surface area contributed by atoms with Crippen molar-refractivity contribution in [3.63, 3.8) is 0 Å². The number of nitrogens with one attached hydrogen (secondary N) is 1. The summed E-state index contributed by atoms with van der Waals surface area (Å²) in [6.07, 6.45) is 4.77. The molecule has 32 heavy (non-hydrogen) atoms. The molecule has 1 N–H and O–H groups in total. The Morgan fingerprint density at radius 1 is 1.00 bits per heavy atom. The topological polar surface area (TPSA) is 127 Å². The second kappa shape index (κ2) is 8.29. The zero-order valence-corrected chi connectivity index (χ0v) is 18.8. The Hall–Kier alpha value is -2.78. The van der Waals surface area contributed by atoms with Crippen molar-refractivity contribution in [1.82, 2.24) is 30.5 Å². The number of carbonyl (C=O) groups is 2. The van der Waals surface area contributed by atoms with E-state index in [9.17, 15) is 9.59 Å². The molecule has 3 aliphatic rings. The minimum absolute atomic E-state index is 0.0292. The first kappa shape index (κ1) is 21.1. The maximum absolute atomic E-state index is 12.7. The van der Waals surface area contributed by atoms with E-state index in [1.807, 2.05) is 14.0 Å². The lowest BCUT2D eigenvalue weighted by molar-refractivity contribution is -0.136. The lowest BCUT2D eigenvalue weighted by Gasteiger charge is -2.45. The van der Waals surface area contributed by atoms with E-state index in [4.69, 9.17) is 9.05 Å². The van der Waals surface area contributed by atoms with Crippen LogP contribution in [0.2, 0.25) is 0 Å². The van der Waals surface area contributed by atoms with Crippen LogP contribution in [0, 0.1) is 31.6 Å². The maximum atomic E-state index is 12.7. The summed E-state index contributed by atoms with van der Waals surface area (Å²) >= 11 is 0. The standard InChI is InChI=1S/C22H30N6O4/c1-11-23-21(31-26-11)14-6-7-18(25-20(30)13-4-5-13)15(8-14)17-10-28(3)19(29)9-16(17)22-24-12(2)27-32-22/h13-18H,4-10H2,1-3H3,(H,25,30). The molecule has 0 bridgehead atoms. The molecule has 172 valence electrons. The van der Waals surface area contributed by atoms with Crippen LogP contribution in [0.4, 0.5) is 0 Å². The van der Waals surface area contributed by atoms with Crippen molar-refractivity contribution in [2.45, 2.75) is 70.3 Å². The minimum Gasteiger partial charge on any atom is -0.353 e. The molecule has 0 spiro atoms. The van der Waals surface area contributed by atoms with Gasteiger partial charge in [-0.05, 0) is 57.8 Å². The Labute approximate surface area is 186 Å². The Morgan fingerprint density at radius 2 is 1.69 bits per heavy atom. The molecule has 1 aliphatic heterocycles. The average molecular weight is 443 g/mol. The van der Waals surface area contributed by atoms with Crippen LogP contribution in [0.5, 0.6) is 0 Å². The third-order valence-corrected chi connectivity index (χ3v) is 7.30. The van der Waals surface area contributed by atoms with E-state index in [2.05, 4.69) is 25.6 Å². The number of piperidine rings is 1. The van der Waals surface area contributed by atoms with Gasteiger partial charge in [0.1, 0.15) is 0 Å². The number of carbonyl (C=O) groups excluding carboxylic acids is 2. The number of aryl methyl sites for hydroxylation is 2. The monoisotopic (exact) mass is 442 g/mol. The van der Waals surface area contributed by atoms with Crippen molar-refractivity contribution in [3.05, 3.63) is 23.4 Å². The van der Waals surface area contributed by atoms with Gasteiger partial charge in [-0.15, -0.1) is 0 Å². The molecule has 2 aliphatic carbocycles. The highest BCUT2D eigenvalue weighted by Gasteiger charge is 2.47. The quantitative estimate of drug-likeness (QED) is 0.746. The lowest BCUT2D eigenvalue weighted by atomic mass is 9.66. The summed E-state index contributed by atoms with van der Waals surface area (Å²) in [4.78, 5) is 36.0. The van der Waals surface area contributed by atoms with Gasteiger partial charge in [0.05, 0.1) is 5.92 Å². The number of nitrogens with zero attached hydrogens (tertiary/aromatic N) is 5. The van der Waals surface area contributed by atoms with Crippen LogP contribution < -0.4 is 5.32 Å². The Kier molecular flexibility index (Phi) is 5.46. The molecule has 2 saturated carbocycles. The molecule has 3 fully saturated rings. The van der Waals surface area contributed by atoms with Crippen molar-refractivity contribution in [2.75, 3.05) is 13.6 Å². The number of hydrogen-bond acceptors (Lipinski definition) is 8. The van der Waals surface area contributed by atoms with E-state index < -0.39 is 0 Å². The molecule has 5 rings (SSSR count). The van der Waals surface area contributed by atoms with Gasteiger partial charge >= 0.3 is 0 Å². The van der Waals surface area contributed by atoms with Crippen LogP contribution in [0.25, 0.3) is 0 Å². The van der Waals surface area contributed by atoms with Crippen LogP contribution >= 0.6 is 0 Å². The van der Waals surface area contributed by atoms with Crippen molar-refractivity contribution in [2.24, 2.45) is 17.8 Å². The summed E-state index contributed by atoms with van der Waals surface area (Å²) in [5.41, 5.74) is 0. The van der Waals surface area contributed by atoms with Crippen LogP contribution in [-0.2, 0) is 9.59 Å². The van der Waals surface area contributed by atoms with Gasteiger partial charge in [0.2, 0.25) is 23.6 Å². The summed E-state index contributed by atoms with van der Waals surface area (Å²) in [6.45, 7) is 4.19. The predicted molar refractivity (Wildman–Crippen MR) is 111 cm³/mol. The molecule has 2 aromatic rings. The van der Waals surface area contributed by atoms with Crippen LogP contribution in [-0.4, -0.2) is 56.6 Å². The Balaban J connectivity index is 1.45. The highest BCUT2D eigenvalue weighted by atomic mass is 16.5. The fourth-order valence-electron chi connectivity index (χ4n) is 5.42. The van der Waals surface area contributed by atoms with E-state index in [0.717, 1.165) is 32.1 Å². The largest absolute Gasteiger partial charge is 0.353 e. The van der Waals surface area contributed by atoms with Crippen LogP contribution in [0.1, 0.15) is 73.8 Å². The van der Waals surface area contributed by atoms with Gasteiger partial charge < -0.3 is 19.3 Å². The smallest absolute Gasteiger partial charge is 0.230 e. The van der Waals surface area contributed by atoms with E-state index in [0.29, 0.717) is 36.4 Å². The van der Waals surface area contributed by atoms with Crippen molar-refractivity contribution in [1.29, 1.82) is 0 Å². The van der Waals surface area contributed by atoms with Crippen molar-refractivity contribution in [3.8, 4) is 0 Å². The van der Waals surface area contributed by atoms with Crippen molar-refractivity contribution >= 4 is 11.8 Å². The fraction of sp³-hybridized carbons (Fsp3) is 0.727. The zero-order chi connectivity index (χ0) is 22.4. The van der Waals surface area contributed by atoms with Crippen LogP contribution in [0.15, 0.2) is 9.05 Å². The molecule has 10 nitrogen and oxygen atoms in total. The van der Waals surface area contributed by atoms with Gasteiger partial charge in [0.15, 0.2) is 11.6 Å². The predicted octanol–water partition coefficient (Wildman–Crippen LogP) is 2.11. The van der Waals surface area contributed by atoms with E-state index in [-0.39, 0.29) is 47.4 Å². The summed E-state index contributed by atoms with van der Waals surface area (Å²) in [6, 6.07) is 0.0292.